The summed E-state index contributed by atoms with van der Waals surface area (Å²) in [6.07, 6.45) is 0. The second-order valence-corrected chi connectivity index (χ2v) is 6.66. The molecule has 1 heterocycles. The minimum absolute atomic E-state index is 0.0158. The van der Waals surface area contributed by atoms with Crippen LogP contribution in [0.5, 0.6) is 0 Å². The molecule has 0 spiro atoms. The van der Waals surface area contributed by atoms with Crippen LogP contribution in [0.15, 0.2) is 54.1 Å². The molecule has 2 N–H and O–H groups in total. The third kappa shape index (κ3) is 4.44. The van der Waals surface area contributed by atoms with Crippen molar-refractivity contribution in [2.24, 2.45) is 0 Å². The number of non-ortho nitro benzene ring substituents is 1. The van der Waals surface area contributed by atoms with Crippen LogP contribution in [0, 0.1) is 15.9 Å². The maximum Gasteiger partial charge on any atom is 0.295 e. The number of Topliss-reactive ketones (excluding diaryl/α,β-unsaturated/α-hetero) is 1. The first-order chi connectivity index (χ1) is 14.9. The Morgan fingerprint density at radius 1 is 1.16 bits per heavy atom. The molecule has 1 aliphatic heterocycles. The molecule has 1 amide bonds. The molecule has 0 bridgehead atoms. The zero-order valence-electron chi connectivity index (χ0n) is 16.2. The number of benzene rings is 2. The number of aliphatic hydroxyl groups is 2. The number of nitro groups is 1. The van der Waals surface area contributed by atoms with Crippen LogP contribution in [0.1, 0.15) is 17.2 Å². The van der Waals surface area contributed by atoms with Gasteiger partial charge >= 0.3 is 0 Å². The molecule has 1 aliphatic rings. The van der Waals surface area contributed by atoms with Crippen LogP contribution >= 0.6 is 0 Å². The molecule has 0 saturated carbocycles. The number of nitrogens with zero attached hydrogens (tertiary/aromatic N) is 2. The number of rotatable bonds is 8. The van der Waals surface area contributed by atoms with Gasteiger partial charge in [0, 0.05) is 29.8 Å². The van der Waals surface area contributed by atoms with Gasteiger partial charge in [0.2, 0.25) is 0 Å². The topological polar surface area (TPSA) is 130 Å². The van der Waals surface area contributed by atoms with Crippen molar-refractivity contribution in [3.63, 3.8) is 0 Å². The SMILES string of the molecule is O=C1C(=O)N(CCOCCO)[C@H](c2ccccc2F)C1=C(O)c1cccc([N+](=O)[O-])c1. The minimum atomic E-state index is -1.25. The van der Waals surface area contributed by atoms with E-state index in [1.807, 2.05) is 0 Å². The Hall–Kier alpha value is -3.63. The molecule has 9 nitrogen and oxygen atoms in total. The van der Waals surface area contributed by atoms with Crippen LogP contribution < -0.4 is 0 Å². The summed E-state index contributed by atoms with van der Waals surface area (Å²) in [4.78, 5) is 36.9. The Kier molecular flexibility index (Phi) is 6.73. The van der Waals surface area contributed by atoms with Crippen LogP contribution in [0.4, 0.5) is 10.1 Å². The number of hydrogen-bond donors (Lipinski definition) is 2. The number of hydrogen-bond acceptors (Lipinski definition) is 7. The molecule has 1 fully saturated rings. The van der Waals surface area contributed by atoms with Gasteiger partial charge in [-0.05, 0) is 6.07 Å². The molecule has 0 unspecified atom stereocenters. The molecule has 3 rings (SSSR count). The summed E-state index contributed by atoms with van der Waals surface area (Å²) in [6, 6.07) is 9.19. The van der Waals surface area contributed by atoms with E-state index in [0.717, 1.165) is 17.0 Å². The second kappa shape index (κ2) is 9.45. The number of ether oxygens (including phenoxy) is 1. The summed E-state index contributed by atoms with van der Waals surface area (Å²) < 4.78 is 19.8. The molecule has 10 heteroatoms. The fourth-order valence-electron chi connectivity index (χ4n) is 3.38. The van der Waals surface area contributed by atoms with E-state index in [9.17, 15) is 29.2 Å². The Morgan fingerprint density at radius 3 is 2.58 bits per heavy atom. The molecule has 0 aliphatic carbocycles. The minimum Gasteiger partial charge on any atom is -0.507 e. The van der Waals surface area contributed by atoms with Crippen molar-refractivity contribution in [2.45, 2.75) is 6.04 Å². The maximum atomic E-state index is 14.6. The van der Waals surface area contributed by atoms with E-state index in [4.69, 9.17) is 9.84 Å². The smallest absolute Gasteiger partial charge is 0.295 e. The quantitative estimate of drug-likeness (QED) is 0.164. The average Bonchev–Trinajstić information content (AvgIpc) is 3.01. The van der Waals surface area contributed by atoms with Gasteiger partial charge in [-0.3, -0.25) is 19.7 Å². The molecule has 1 atom stereocenters. The number of nitro benzene ring substituents is 1. The highest BCUT2D eigenvalue weighted by Crippen LogP contribution is 2.40. The molecule has 162 valence electrons. The van der Waals surface area contributed by atoms with Crippen molar-refractivity contribution >= 4 is 23.1 Å². The summed E-state index contributed by atoms with van der Waals surface area (Å²) >= 11 is 0. The largest absolute Gasteiger partial charge is 0.507 e. The molecule has 31 heavy (non-hydrogen) atoms. The van der Waals surface area contributed by atoms with Gasteiger partial charge in [-0.2, -0.15) is 0 Å². The summed E-state index contributed by atoms with van der Waals surface area (Å²) in [6.45, 7) is -0.352. The van der Waals surface area contributed by atoms with Crippen molar-refractivity contribution in [1.29, 1.82) is 0 Å². The average molecular weight is 430 g/mol. The highest BCUT2D eigenvalue weighted by molar-refractivity contribution is 6.46. The number of ketones is 1. The molecular weight excluding hydrogens is 411 g/mol. The first kappa shape index (κ1) is 22.1. The monoisotopic (exact) mass is 430 g/mol. The Bertz CT molecular complexity index is 1050. The second-order valence-electron chi connectivity index (χ2n) is 6.66. The van der Waals surface area contributed by atoms with Gasteiger partial charge in [0.25, 0.3) is 17.4 Å². The number of carbonyl (C=O) groups is 2. The highest BCUT2D eigenvalue weighted by atomic mass is 19.1. The fraction of sp³-hybridized carbons (Fsp3) is 0.238. The van der Waals surface area contributed by atoms with E-state index < -0.39 is 34.2 Å². The lowest BCUT2D eigenvalue weighted by atomic mass is 9.95. The van der Waals surface area contributed by atoms with Gasteiger partial charge in [0.1, 0.15) is 11.6 Å². The fourth-order valence-corrected chi connectivity index (χ4v) is 3.38. The molecule has 2 aromatic carbocycles. The maximum absolute atomic E-state index is 14.6. The first-order valence-corrected chi connectivity index (χ1v) is 9.33. The van der Waals surface area contributed by atoms with Crippen molar-refractivity contribution < 1.29 is 33.9 Å². The first-order valence-electron chi connectivity index (χ1n) is 9.33. The lowest BCUT2D eigenvalue weighted by Crippen LogP contribution is -2.33. The molecular formula is C21H19FN2O7. The standard InChI is InChI=1S/C21H19FN2O7/c22-16-7-2-1-6-15(16)18-17(19(26)13-4-3-5-14(12-13)24(29)30)20(27)21(28)23(18)8-10-31-11-9-25/h1-7,12,18,25-26H,8-11H2/t18-/m1/s1. The number of amides is 1. The van der Waals surface area contributed by atoms with Crippen LogP contribution in [0.25, 0.3) is 5.76 Å². The van der Waals surface area contributed by atoms with Gasteiger partial charge in [0.05, 0.1) is 36.4 Å². The van der Waals surface area contributed by atoms with Gasteiger partial charge in [-0.15, -0.1) is 0 Å². The van der Waals surface area contributed by atoms with E-state index in [2.05, 4.69) is 0 Å². The van der Waals surface area contributed by atoms with Gasteiger partial charge in [0.15, 0.2) is 0 Å². The third-order valence-electron chi connectivity index (χ3n) is 4.78. The molecule has 1 saturated heterocycles. The van der Waals surface area contributed by atoms with E-state index in [1.54, 1.807) is 0 Å². The number of carbonyl (C=O) groups excluding carboxylic acids is 2. The Labute approximate surface area is 176 Å². The summed E-state index contributed by atoms with van der Waals surface area (Å²) in [5.74, 6) is -3.35. The van der Waals surface area contributed by atoms with Gasteiger partial charge < -0.3 is 19.8 Å². The van der Waals surface area contributed by atoms with Crippen LogP contribution in [0.2, 0.25) is 0 Å². The normalized spacial score (nSPS) is 17.9. The van der Waals surface area contributed by atoms with Crippen molar-refractivity contribution in [3.05, 3.63) is 81.2 Å². The van der Waals surface area contributed by atoms with Gasteiger partial charge in [-0.1, -0.05) is 30.3 Å². The zero-order chi connectivity index (χ0) is 22.5. The predicted molar refractivity (Wildman–Crippen MR) is 106 cm³/mol. The van der Waals surface area contributed by atoms with E-state index >= 15 is 0 Å². The van der Waals surface area contributed by atoms with Gasteiger partial charge in [-0.25, -0.2) is 4.39 Å². The summed E-state index contributed by atoms with van der Waals surface area (Å²) in [5, 5.41) is 30.7. The summed E-state index contributed by atoms with van der Waals surface area (Å²) in [5.41, 5.74) is -0.767. The highest BCUT2D eigenvalue weighted by Gasteiger charge is 2.46. The lowest BCUT2D eigenvalue weighted by Gasteiger charge is -2.25. The molecule has 0 radical (unpaired) electrons. The van der Waals surface area contributed by atoms with Crippen molar-refractivity contribution in [2.75, 3.05) is 26.4 Å². The summed E-state index contributed by atoms with van der Waals surface area (Å²) in [7, 11) is 0. The number of aliphatic hydroxyl groups excluding tert-OH is 2. The van der Waals surface area contributed by atoms with Crippen LogP contribution in [-0.4, -0.2) is 58.1 Å². The van der Waals surface area contributed by atoms with Crippen LogP contribution in [0.3, 0.4) is 0 Å². The number of likely N-dealkylation sites (tertiary alicyclic amines) is 1. The number of halogens is 1. The van der Waals surface area contributed by atoms with E-state index in [0.29, 0.717) is 0 Å². The molecule has 0 aromatic heterocycles. The van der Waals surface area contributed by atoms with E-state index in [1.165, 1.54) is 36.4 Å². The van der Waals surface area contributed by atoms with Crippen molar-refractivity contribution in [1.82, 2.24) is 4.90 Å². The molecule has 2 aromatic rings. The lowest BCUT2D eigenvalue weighted by molar-refractivity contribution is -0.384. The van der Waals surface area contributed by atoms with E-state index in [-0.39, 0.29) is 48.8 Å². The predicted octanol–water partition coefficient (Wildman–Crippen LogP) is 2.16. The third-order valence-corrected chi connectivity index (χ3v) is 4.78. The van der Waals surface area contributed by atoms with Crippen molar-refractivity contribution in [3.8, 4) is 0 Å². The Balaban J connectivity index is 2.12. The zero-order valence-corrected chi connectivity index (χ0v) is 16.2. The Morgan fingerprint density at radius 2 is 1.90 bits per heavy atom. The van der Waals surface area contributed by atoms with Crippen LogP contribution in [-0.2, 0) is 14.3 Å².